The zero-order valence-electron chi connectivity index (χ0n) is 18.9. The average Bonchev–Trinajstić information content (AvgIpc) is 3.46. The predicted molar refractivity (Wildman–Crippen MR) is 124 cm³/mol. The Kier molecular flexibility index (Phi) is 5.35. The fourth-order valence-electron chi connectivity index (χ4n) is 5.32. The monoisotopic (exact) mass is 433 g/mol. The lowest BCUT2D eigenvalue weighted by atomic mass is 9.76. The van der Waals surface area contributed by atoms with E-state index in [0.29, 0.717) is 37.1 Å². The molecule has 0 radical (unpaired) electrons. The van der Waals surface area contributed by atoms with Crippen LogP contribution in [-0.4, -0.2) is 34.4 Å². The molecule has 7 heteroatoms. The van der Waals surface area contributed by atoms with Gasteiger partial charge in [0.25, 0.3) is 0 Å². The number of nitrogens with zero attached hydrogens (tertiary/aromatic N) is 3. The first-order valence-corrected chi connectivity index (χ1v) is 11.9. The van der Waals surface area contributed by atoms with Crippen molar-refractivity contribution in [2.24, 2.45) is 5.41 Å². The van der Waals surface area contributed by atoms with Gasteiger partial charge < -0.3 is 10.6 Å². The number of aromatic nitrogens is 2. The zero-order valence-corrected chi connectivity index (χ0v) is 18.9. The molecule has 1 saturated heterocycles. The van der Waals surface area contributed by atoms with E-state index in [1.165, 1.54) is 5.56 Å². The molecule has 32 heavy (non-hydrogen) atoms. The molecule has 1 saturated carbocycles. The van der Waals surface area contributed by atoms with E-state index in [4.69, 9.17) is 4.98 Å². The molecular weight excluding hydrogens is 402 g/mol. The highest BCUT2D eigenvalue weighted by Crippen LogP contribution is 2.44. The van der Waals surface area contributed by atoms with Crippen molar-refractivity contribution in [3.8, 4) is 0 Å². The number of rotatable bonds is 5. The summed E-state index contributed by atoms with van der Waals surface area (Å²) in [6, 6.07) is 8.45. The number of anilines is 3. The van der Waals surface area contributed by atoms with Gasteiger partial charge in [-0.25, -0.2) is 4.98 Å². The quantitative estimate of drug-likeness (QED) is 0.694. The Balaban J connectivity index is 1.47. The van der Waals surface area contributed by atoms with Gasteiger partial charge >= 0.3 is 0 Å². The molecule has 168 valence electrons. The van der Waals surface area contributed by atoms with Crippen LogP contribution in [0.2, 0.25) is 0 Å². The van der Waals surface area contributed by atoms with Crippen LogP contribution in [0.15, 0.2) is 30.5 Å². The number of carbonyl (C=O) groups is 2. The highest BCUT2D eigenvalue weighted by Gasteiger charge is 2.56. The summed E-state index contributed by atoms with van der Waals surface area (Å²) in [5, 5.41) is 6.17. The number of hydrogen-bond donors (Lipinski definition) is 2. The summed E-state index contributed by atoms with van der Waals surface area (Å²) >= 11 is 0. The van der Waals surface area contributed by atoms with Crippen LogP contribution in [-0.2, 0) is 16.0 Å². The van der Waals surface area contributed by atoms with Crippen molar-refractivity contribution in [1.82, 2.24) is 15.3 Å². The van der Waals surface area contributed by atoms with Crippen LogP contribution in [0.1, 0.15) is 69.4 Å². The van der Waals surface area contributed by atoms with Crippen molar-refractivity contribution < 1.29 is 9.59 Å². The van der Waals surface area contributed by atoms with Crippen LogP contribution in [0.4, 0.5) is 17.5 Å². The summed E-state index contributed by atoms with van der Waals surface area (Å²) in [7, 11) is 0. The summed E-state index contributed by atoms with van der Waals surface area (Å²) in [5.41, 5.74) is 2.10. The Morgan fingerprint density at radius 2 is 1.97 bits per heavy atom. The molecule has 5 rings (SSSR count). The largest absolute Gasteiger partial charge is 0.355 e. The SMILES string of the molecule is CCC(C)c1ccc(Nc2ncc3c(n2)N(C2CCCC2)C(=O)[C@]2(CCNC2=O)C3)cc1. The second-order valence-corrected chi connectivity index (χ2v) is 9.48. The maximum Gasteiger partial charge on any atom is 0.244 e. The molecule has 0 bridgehead atoms. The van der Waals surface area contributed by atoms with Crippen molar-refractivity contribution >= 4 is 29.3 Å². The van der Waals surface area contributed by atoms with Gasteiger partial charge in [-0.05, 0) is 49.3 Å². The van der Waals surface area contributed by atoms with Gasteiger partial charge in [-0.2, -0.15) is 4.98 Å². The summed E-state index contributed by atoms with van der Waals surface area (Å²) in [6.07, 6.45) is 7.91. The molecule has 3 heterocycles. The number of carbonyl (C=O) groups excluding carboxylic acids is 2. The van der Waals surface area contributed by atoms with Crippen LogP contribution in [0.3, 0.4) is 0 Å². The lowest BCUT2D eigenvalue weighted by Crippen LogP contribution is -2.56. The minimum Gasteiger partial charge on any atom is -0.355 e. The molecule has 2 amide bonds. The molecule has 2 aliphatic heterocycles. The average molecular weight is 434 g/mol. The minimum absolute atomic E-state index is 0.0885. The molecule has 1 aromatic heterocycles. The number of hydrogen-bond acceptors (Lipinski definition) is 5. The van der Waals surface area contributed by atoms with Gasteiger partial charge in [0, 0.05) is 36.5 Å². The molecule has 7 nitrogen and oxygen atoms in total. The zero-order chi connectivity index (χ0) is 22.3. The van der Waals surface area contributed by atoms with Crippen molar-refractivity contribution in [3.05, 3.63) is 41.6 Å². The van der Waals surface area contributed by atoms with E-state index in [1.54, 1.807) is 6.20 Å². The van der Waals surface area contributed by atoms with E-state index in [1.807, 2.05) is 17.0 Å². The van der Waals surface area contributed by atoms with Crippen LogP contribution in [0.5, 0.6) is 0 Å². The van der Waals surface area contributed by atoms with Gasteiger partial charge in [-0.15, -0.1) is 0 Å². The predicted octanol–water partition coefficient (Wildman–Crippen LogP) is 4.07. The van der Waals surface area contributed by atoms with E-state index < -0.39 is 5.41 Å². The highest BCUT2D eigenvalue weighted by atomic mass is 16.2. The minimum atomic E-state index is -1.00. The fourth-order valence-corrected chi connectivity index (χ4v) is 5.32. The van der Waals surface area contributed by atoms with Gasteiger partial charge in [-0.3, -0.25) is 14.5 Å². The molecular formula is C25H31N5O2. The number of fused-ring (bicyclic) bond motifs is 1. The van der Waals surface area contributed by atoms with Gasteiger partial charge in [0.15, 0.2) is 0 Å². The number of nitrogens with one attached hydrogen (secondary N) is 2. The van der Waals surface area contributed by atoms with Crippen molar-refractivity contribution in [3.63, 3.8) is 0 Å². The number of amides is 2. The normalized spacial score (nSPS) is 24.0. The third-order valence-corrected chi connectivity index (χ3v) is 7.50. The van der Waals surface area contributed by atoms with E-state index in [0.717, 1.165) is 43.4 Å². The summed E-state index contributed by atoms with van der Waals surface area (Å²) in [4.78, 5) is 37.6. The van der Waals surface area contributed by atoms with Crippen LogP contribution >= 0.6 is 0 Å². The Morgan fingerprint density at radius 3 is 2.62 bits per heavy atom. The second-order valence-electron chi connectivity index (χ2n) is 9.48. The Hall–Kier alpha value is -2.96. The van der Waals surface area contributed by atoms with E-state index in [9.17, 15) is 9.59 Å². The molecule has 1 aliphatic carbocycles. The Bertz CT molecular complexity index is 1030. The number of benzene rings is 1. The molecule has 1 unspecified atom stereocenters. The van der Waals surface area contributed by atoms with Gasteiger partial charge in [-0.1, -0.05) is 38.8 Å². The van der Waals surface area contributed by atoms with E-state index >= 15 is 0 Å². The summed E-state index contributed by atoms with van der Waals surface area (Å²) in [6.45, 7) is 4.96. The standard InChI is InChI=1S/C25H31N5O2/c1-3-16(2)17-8-10-19(11-9-17)28-24-27-15-18-14-25(12-13-26-22(25)31)23(32)30(21(18)29-24)20-6-4-5-7-20/h8-11,15-16,20H,3-7,12-14H2,1-2H3,(H,26,31)(H,27,28,29)/t16?,25-/m1/s1. The second kappa shape index (κ2) is 8.19. The molecule has 1 aromatic carbocycles. The highest BCUT2D eigenvalue weighted by molar-refractivity contribution is 6.14. The smallest absolute Gasteiger partial charge is 0.244 e. The maximum absolute atomic E-state index is 13.7. The maximum atomic E-state index is 13.7. The van der Waals surface area contributed by atoms with Crippen LogP contribution < -0.4 is 15.5 Å². The first-order valence-electron chi connectivity index (χ1n) is 11.9. The molecule has 2 fully saturated rings. The van der Waals surface area contributed by atoms with Crippen molar-refractivity contribution in [2.45, 2.75) is 70.8 Å². The Morgan fingerprint density at radius 1 is 1.22 bits per heavy atom. The van der Waals surface area contributed by atoms with Gasteiger partial charge in [0.05, 0.1) is 0 Å². The third-order valence-electron chi connectivity index (χ3n) is 7.50. The molecule has 2 N–H and O–H groups in total. The first kappa shape index (κ1) is 20.9. The lowest BCUT2D eigenvalue weighted by molar-refractivity contribution is -0.140. The van der Waals surface area contributed by atoms with Crippen molar-refractivity contribution in [1.29, 1.82) is 0 Å². The van der Waals surface area contributed by atoms with Crippen LogP contribution in [0, 0.1) is 5.41 Å². The Labute approximate surface area is 189 Å². The lowest BCUT2D eigenvalue weighted by Gasteiger charge is -2.40. The summed E-state index contributed by atoms with van der Waals surface area (Å²) < 4.78 is 0. The summed E-state index contributed by atoms with van der Waals surface area (Å²) in [5.74, 6) is 1.42. The molecule has 1 spiro atoms. The fraction of sp³-hybridized carbons (Fsp3) is 0.520. The first-order chi connectivity index (χ1) is 15.5. The van der Waals surface area contributed by atoms with Crippen molar-refractivity contribution in [2.75, 3.05) is 16.8 Å². The van der Waals surface area contributed by atoms with E-state index in [2.05, 4.69) is 41.6 Å². The van der Waals surface area contributed by atoms with Gasteiger partial charge in [0.2, 0.25) is 17.8 Å². The molecule has 3 aliphatic rings. The molecule has 2 aromatic rings. The van der Waals surface area contributed by atoms with Crippen LogP contribution in [0.25, 0.3) is 0 Å². The topological polar surface area (TPSA) is 87.2 Å². The molecule has 2 atom stereocenters. The third kappa shape index (κ3) is 3.44. The van der Waals surface area contributed by atoms with E-state index in [-0.39, 0.29) is 17.9 Å². The van der Waals surface area contributed by atoms with Gasteiger partial charge in [0.1, 0.15) is 11.2 Å².